The maximum Gasteiger partial charge on any atom is 0.270 e. The van der Waals surface area contributed by atoms with Gasteiger partial charge < -0.3 is 15.0 Å². The van der Waals surface area contributed by atoms with Crippen molar-refractivity contribution in [3.63, 3.8) is 0 Å². The normalized spacial score (nSPS) is 15.3. The summed E-state index contributed by atoms with van der Waals surface area (Å²) in [6, 6.07) is 1.63. The maximum absolute atomic E-state index is 11.9. The van der Waals surface area contributed by atoms with Crippen molar-refractivity contribution in [1.29, 1.82) is 0 Å². The molecule has 1 saturated heterocycles. The lowest BCUT2D eigenvalue weighted by molar-refractivity contribution is 0.0932. The van der Waals surface area contributed by atoms with Gasteiger partial charge in [-0.3, -0.25) is 4.79 Å². The van der Waals surface area contributed by atoms with Crippen LogP contribution in [0.4, 0.5) is 5.95 Å². The molecule has 0 spiro atoms. The van der Waals surface area contributed by atoms with Crippen molar-refractivity contribution in [2.75, 3.05) is 38.3 Å². The monoisotopic (exact) mass is 264 g/mol. The van der Waals surface area contributed by atoms with Crippen LogP contribution in [0.2, 0.25) is 0 Å². The molecule has 2 rings (SSSR count). The average Bonchev–Trinajstić information content (AvgIpc) is 2.48. The maximum atomic E-state index is 11.9. The van der Waals surface area contributed by atoms with Crippen molar-refractivity contribution in [3.05, 3.63) is 18.0 Å². The lowest BCUT2D eigenvalue weighted by Gasteiger charge is -2.26. The largest absolute Gasteiger partial charge is 0.383 e. The van der Waals surface area contributed by atoms with Gasteiger partial charge in [-0.2, -0.15) is 0 Å². The molecule has 1 fully saturated rings. The topological polar surface area (TPSA) is 67.3 Å². The van der Waals surface area contributed by atoms with Gasteiger partial charge in [0.2, 0.25) is 5.95 Å². The fourth-order valence-corrected chi connectivity index (χ4v) is 2.08. The molecule has 0 bridgehead atoms. The van der Waals surface area contributed by atoms with Gasteiger partial charge in [0.1, 0.15) is 5.69 Å². The molecule has 1 aromatic heterocycles. The first-order valence-electron chi connectivity index (χ1n) is 6.66. The van der Waals surface area contributed by atoms with Gasteiger partial charge in [0.25, 0.3) is 5.91 Å². The van der Waals surface area contributed by atoms with Crippen LogP contribution in [0, 0.1) is 0 Å². The molecule has 6 nitrogen and oxygen atoms in total. The molecule has 1 N–H and O–H groups in total. The summed E-state index contributed by atoms with van der Waals surface area (Å²) in [7, 11) is 1.60. The van der Waals surface area contributed by atoms with Crippen molar-refractivity contribution in [3.8, 4) is 0 Å². The highest BCUT2D eigenvalue weighted by atomic mass is 16.5. The fraction of sp³-hybridized carbons (Fsp3) is 0.615. The second-order valence-electron chi connectivity index (χ2n) is 4.54. The van der Waals surface area contributed by atoms with E-state index in [0.29, 0.717) is 24.8 Å². The summed E-state index contributed by atoms with van der Waals surface area (Å²) in [5, 5.41) is 2.76. The van der Waals surface area contributed by atoms with Crippen LogP contribution in [0.5, 0.6) is 0 Å². The Balaban J connectivity index is 1.99. The minimum absolute atomic E-state index is 0.183. The van der Waals surface area contributed by atoms with E-state index in [0.717, 1.165) is 25.9 Å². The van der Waals surface area contributed by atoms with Gasteiger partial charge in [-0.1, -0.05) is 0 Å². The zero-order valence-corrected chi connectivity index (χ0v) is 11.3. The van der Waals surface area contributed by atoms with Crippen LogP contribution >= 0.6 is 0 Å². The summed E-state index contributed by atoms with van der Waals surface area (Å²) in [6.45, 7) is 2.91. The standard InChI is InChI=1S/C13H20N4O2/c1-19-10-7-14-12(18)11-5-6-15-13(16-11)17-8-3-2-4-9-17/h5-6H,2-4,7-10H2,1H3,(H,14,18). The van der Waals surface area contributed by atoms with Gasteiger partial charge in [0.15, 0.2) is 0 Å². The zero-order valence-electron chi connectivity index (χ0n) is 11.3. The second kappa shape index (κ2) is 7.04. The van der Waals surface area contributed by atoms with E-state index in [1.165, 1.54) is 6.42 Å². The number of carbonyl (C=O) groups excluding carboxylic acids is 1. The summed E-state index contributed by atoms with van der Waals surface area (Å²) < 4.78 is 4.89. The Bertz CT molecular complexity index is 419. The Labute approximate surface area is 113 Å². The number of amides is 1. The van der Waals surface area contributed by atoms with Crippen LogP contribution in [-0.4, -0.2) is 49.2 Å². The van der Waals surface area contributed by atoms with E-state index in [1.807, 2.05) is 0 Å². The first-order chi connectivity index (χ1) is 9.31. The SMILES string of the molecule is COCCNC(=O)c1ccnc(N2CCCCC2)n1. The number of rotatable bonds is 5. The van der Waals surface area contributed by atoms with E-state index >= 15 is 0 Å². The van der Waals surface area contributed by atoms with Crippen molar-refractivity contribution < 1.29 is 9.53 Å². The minimum atomic E-state index is -0.183. The van der Waals surface area contributed by atoms with Crippen molar-refractivity contribution >= 4 is 11.9 Å². The molecular weight excluding hydrogens is 244 g/mol. The Hall–Kier alpha value is -1.69. The van der Waals surface area contributed by atoms with E-state index in [1.54, 1.807) is 19.4 Å². The van der Waals surface area contributed by atoms with Gasteiger partial charge in [0, 0.05) is 32.9 Å². The van der Waals surface area contributed by atoms with Gasteiger partial charge in [-0.15, -0.1) is 0 Å². The number of nitrogens with one attached hydrogen (secondary N) is 1. The Morgan fingerprint density at radius 1 is 1.42 bits per heavy atom. The third-order valence-electron chi connectivity index (χ3n) is 3.11. The molecule has 1 amide bonds. The van der Waals surface area contributed by atoms with Crippen molar-refractivity contribution in [2.24, 2.45) is 0 Å². The number of nitrogens with zero attached hydrogens (tertiary/aromatic N) is 3. The van der Waals surface area contributed by atoms with Crippen LogP contribution in [-0.2, 0) is 4.74 Å². The molecule has 104 valence electrons. The molecule has 1 aliphatic heterocycles. The molecule has 0 unspecified atom stereocenters. The molecule has 0 atom stereocenters. The molecular formula is C13H20N4O2. The molecule has 1 aromatic rings. The third-order valence-corrected chi connectivity index (χ3v) is 3.11. The summed E-state index contributed by atoms with van der Waals surface area (Å²) in [5.74, 6) is 0.469. The quantitative estimate of drug-likeness (QED) is 0.798. The number of methoxy groups -OCH3 is 1. The Morgan fingerprint density at radius 3 is 2.95 bits per heavy atom. The number of anilines is 1. The van der Waals surface area contributed by atoms with E-state index < -0.39 is 0 Å². The lowest BCUT2D eigenvalue weighted by atomic mass is 10.1. The highest BCUT2D eigenvalue weighted by Crippen LogP contribution is 2.15. The number of carbonyl (C=O) groups is 1. The summed E-state index contributed by atoms with van der Waals surface area (Å²) >= 11 is 0. The van der Waals surface area contributed by atoms with Gasteiger partial charge in [-0.25, -0.2) is 9.97 Å². The van der Waals surface area contributed by atoms with Crippen LogP contribution in [0.3, 0.4) is 0 Å². The minimum Gasteiger partial charge on any atom is -0.383 e. The van der Waals surface area contributed by atoms with E-state index in [2.05, 4.69) is 20.2 Å². The van der Waals surface area contributed by atoms with E-state index in [-0.39, 0.29) is 5.91 Å². The second-order valence-corrected chi connectivity index (χ2v) is 4.54. The first kappa shape index (κ1) is 13.7. The molecule has 6 heteroatoms. The summed E-state index contributed by atoms with van der Waals surface area (Å²) in [5.41, 5.74) is 0.409. The Morgan fingerprint density at radius 2 is 2.21 bits per heavy atom. The van der Waals surface area contributed by atoms with Crippen LogP contribution in [0.25, 0.3) is 0 Å². The van der Waals surface area contributed by atoms with E-state index in [4.69, 9.17) is 4.74 Å². The number of hydrogen-bond acceptors (Lipinski definition) is 5. The van der Waals surface area contributed by atoms with Gasteiger partial charge in [-0.05, 0) is 25.3 Å². The average molecular weight is 264 g/mol. The van der Waals surface area contributed by atoms with E-state index in [9.17, 15) is 4.79 Å². The molecule has 19 heavy (non-hydrogen) atoms. The smallest absolute Gasteiger partial charge is 0.270 e. The predicted molar refractivity (Wildman–Crippen MR) is 72.3 cm³/mol. The first-order valence-corrected chi connectivity index (χ1v) is 6.66. The Kier molecular flexibility index (Phi) is 5.09. The number of hydrogen-bond donors (Lipinski definition) is 1. The molecule has 0 saturated carbocycles. The highest BCUT2D eigenvalue weighted by molar-refractivity contribution is 5.92. The third kappa shape index (κ3) is 3.89. The zero-order chi connectivity index (χ0) is 13.5. The summed E-state index contributed by atoms with van der Waals surface area (Å²) in [4.78, 5) is 22.6. The molecule has 0 aliphatic carbocycles. The summed E-state index contributed by atoms with van der Waals surface area (Å²) in [6.07, 6.45) is 5.22. The molecule has 2 heterocycles. The van der Waals surface area contributed by atoms with Crippen molar-refractivity contribution in [2.45, 2.75) is 19.3 Å². The highest BCUT2D eigenvalue weighted by Gasteiger charge is 2.15. The molecule has 1 aliphatic rings. The molecule has 0 radical (unpaired) electrons. The molecule has 0 aromatic carbocycles. The number of piperidine rings is 1. The lowest BCUT2D eigenvalue weighted by Crippen LogP contribution is -2.32. The van der Waals surface area contributed by atoms with Gasteiger partial charge >= 0.3 is 0 Å². The van der Waals surface area contributed by atoms with Crippen LogP contribution in [0.15, 0.2) is 12.3 Å². The van der Waals surface area contributed by atoms with Crippen LogP contribution < -0.4 is 10.2 Å². The van der Waals surface area contributed by atoms with Crippen molar-refractivity contribution in [1.82, 2.24) is 15.3 Å². The van der Waals surface area contributed by atoms with Crippen LogP contribution in [0.1, 0.15) is 29.8 Å². The fourth-order valence-electron chi connectivity index (χ4n) is 2.08. The predicted octanol–water partition coefficient (Wildman–Crippen LogP) is 0.843. The number of ether oxygens (including phenoxy) is 1. The van der Waals surface area contributed by atoms with Gasteiger partial charge in [0.05, 0.1) is 6.61 Å². The number of aromatic nitrogens is 2.